The van der Waals surface area contributed by atoms with Gasteiger partial charge in [0.1, 0.15) is 0 Å². The molecule has 0 aromatic carbocycles. The molecule has 1 N–H and O–H groups in total. The Morgan fingerprint density at radius 2 is 2.17 bits per heavy atom. The van der Waals surface area contributed by atoms with Crippen molar-refractivity contribution in [3.05, 3.63) is 35.6 Å². The maximum absolute atomic E-state index is 3.41. The highest BCUT2D eigenvalue weighted by Gasteiger charge is 2.26. The van der Waals surface area contributed by atoms with Gasteiger partial charge in [-0.1, -0.05) is 32.1 Å². The van der Waals surface area contributed by atoms with Crippen LogP contribution in [0.4, 0.5) is 0 Å². The number of nitrogens with one attached hydrogen (secondary N) is 1. The first kappa shape index (κ1) is 7.66. The predicted octanol–water partition coefficient (Wildman–Crippen LogP) is 2.39. The van der Waals surface area contributed by atoms with Crippen LogP contribution in [0.2, 0.25) is 0 Å². The summed E-state index contributed by atoms with van der Waals surface area (Å²) in [6.45, 7) is 5.66. The van der Waals surface area contributed by atoms with Gasteiger partial charge in [0.05, 0.1) is 0 Å². The summed E-state index contributed by atoms with van der Waals surface area (Å²) in [5.41, 5.74) is 3.13. The summed E-state index contributed by atoms with van der Waals surface area (Å²) in [5, 5.41) is 3.41. The lowest BCUT2D eigenvalue weighted by Gasteiger charge is -2.21. The molecule has 0 unspecified atom stereocenters. The van der Waals surface area contributed by atoms with Crippen LogP contribution in [0.5, 0.6) is 0 Å². The number of hydrogen-bond acceptors (Lipinski definition) is 1. The molecule has 1 nitrogen and oxygen atoms in total. The van der Waals surface area contributed by atoms with Crippen molar-refractivity contribution < 1.29 is 0 Å². The zero-order chi connectivity index (χ0) is 8.60. The predicted molar refractivity (Wildman–Crippen MR) is 51.7 cm³/mol. The van der Waals surface area contributed by atoms with Crippen LogP contribution < -0.4 is 5.32 Å². The summed E-state index contributed by atoms with van der Waals surface area (Å²) in [5.74, 6) is 0. The van der Waals surface area contributed by atoms with Crippen LogP contribution in [0, 0.1) is 5.41 Å². The first-order chi connectivity index (χ1) is 5.70. The van der Waals surface area contributed by atoms with Gasteiger partial charge in [0, 0.05) is 17.7 Å². The van der Waals surface area contributed by atoms with Crippen molar-refractivity contribution >= 4 is 0 Å². The second-order valence-corrected chi connectivity index (χ2v) is 4.01. The molecule has 1 heteroatoms. The monoisotopic (exact) mass is 161 g/mol. The van der Waals surface area contributed by atoms with Crippen molar-refractivity contribution in [2.75, 3.05) is 6.54 Å². The molecule has 0 saturated heterocycles. The minimum Gasteiger partial charge on any atom is -0.385 e. The minimum atomic E-state index is 0.238. The fourth-order valence-corrected chi connectivity index (χ4v) is 1.94. The van der Waals surface area contributed by atoms with Gasteiger partial charge < -0.3 is 5.32 Å². The Morgan fingerprint density at radius 3 is 3.00 bits per heavy atom. The van der Waals surface area contributed by atoms with Crippen LogP contribution in [-0.4, -0.2) is 6.54 Å². The molecule has 0 saturated carbocycles. The van der Waals surface area contributed by atoms with E-state index in [1.807, 2.05) is 0 Å². The smallest absolute Gasteiger partial charge is 0.0341 e. The van der Waals surface area contributed by atoms with Crippen molar-refractivity contribution in [1.29, 1.82) is 0 Å². The molecule has 0 atom stereocenters. The van der Waals surface area contributed by atoms with Crippen LogP contribution in [0.3, 0.4) is 0 Å². The number of rotatable bonds is 0. The quantitative estimate of drug-likeness (QED) is 0.575. The average Bonchev–Trinajstić information content (AvgIpc) is 2.42. The molecule has 12 heavy (non-hydrogen) atoms. The number of allylic oxidation sites excluding steroid dienone is 4. The summed E-state index contributed by atoms with van der Waals surface area (Å²) in [6.07, 6.45) is 9.89. The van der Waals surface area contributed by atoms with Gasteiger partial charge in [0.25, 0.3) is 0 Å². The van der Waals surface area contributed by atoms with Gasteiger partial charge in [-0.25, -0.2) is 0 Å². The van der Waals surface area contributed by atoms with Crippen LogP contribution >= 0.6 is 0 Å². The summed E-state index contributed by atoms with van der Waals surface area (Å²) in [7, 11) is 0. The standard InChI is InChI=1S/C11H15N/c1-11(2)7-4-3-5-10-9(11)6-8-12-10/h3-5,7,12H,6,8H2,1-2H3. The van der Waals surface area contributed by atoms with E-state index in [9.17, 15) is 0 Å². The second-order valence-electron chi connectivity index (χ2n) is 4.01. The molecule has 1 aliphatic heterocycles. The average molecular weight is 161 g/mol. The van der Waals surface area contributed by atoms with Crippen LogP contribution in [0.25, 0.3) is 0 Å². The topological polar surface area (TPSA) is 12.0 Å². The molecule has 0 amide bonds. The van der Waals surface area contributed by atoms with Gasteiger partial charge in [-0.2, -0.15) is 0 Å². The third-order valence-electron chi connectivity index (χ3n) is 2.68. The Bertz CT molecular complexity index is 279. The normalized spacial score (nSPS) is 25.2. The molecule has 0 aromatic rings. The first-order valence-electron chi connectivity index (χ1n) is 4.53. The van der Waals surface area contributed by atoms with E-state index in [0.29, 0.717) is 0 Å². The molecule has 0 radical (unpaired) electrons. The molecule has 0 spiro atoms. The fraction of sp³-hybridized carbons (Fsp3) is 0.455. The molecular formula is C11H15N. The third-order valence-corrected chi connectivity index (χ3v) is 2.68. The maximum Gasteiger partial charge on any atom is 0.0341 e. The van der Waals surface area contributed by atoms with E-state index in [1.54, 1.807) is 5.57 Å². The summed E-state index contributed by atoms with van der Waals surface area (Å²) in [6, 6.07) is 0. The number of hydrogen-bond donors (Lipinski definition) is 1. The molecular weight excluding hydrogens is 146 g/mol. The van der Waals surface area contributed by atoms with Crippen molar-refractivity contribution in [1.82, 2.24) is 5.32 Å². The van der Waals surface area contributed by atoms with E-state index >= 15 is 0 Å². The van der Waals surface area contributed by atoms with E-state index in [1.165, 1.54) is 12.1 Å². The highest BCUT2D eigenvalue weighted by molar-refractivity contribution is 5.39. The molecule has 0 fully saturated rings. The molecule has 2 rings (SSSR count). The zero-order valence-corrected chi connectivity index (χ0v) is 7.72. The summed E-state index contributed by atoms with van der Waals surface area (Å²) < 4.78 is 0. The van der Waals surface area contributed by atoms with Gasteiger partial charge >= 0.3 is 0 Å². The third kappa shape index (κ3) is 1.09. The lowest BCUT2D eigenvalue weighted by Crippen LogP contribution is -2.11. The molecule has 1 aliphatic carbocycles. The first-order valence-corrected chi connectivity index (χ1v) is 4.53. The molecule has 64 valence electrons. The van der Waals surface area contributed by atoms with Crippen molar-refractivity contribution in [3.63, 3.8) is 0 Å². The Balaban J connectivity index is 2.45. The molecule has 0 aromatic heterocycles. The Kier molecular flexibility index (Phi) is 1.60. The van der Waals surface area contributed by atoms with Crippen LogP contribution in [0.15, 0.2) is 35.6 Å². The lowest BCUT2D eigenvalue weighted by atomic mass is 9.82. The van der Waals surface area contributed by atoms with E-state index in [2.05, 4.69) is 43.5 Å². The fourth-order valence-electron chi connectivity index (χ4n) is 1.94. The van der Waals surface area contributed by atoms with Gasteiger partial charge in [0.2, 0.25) is 0 Å². The van der Waals surface area contributed by atoms with Crippen LogP contribution in [-0.2, 0) is 0 Å². The molecule has 2 aliphatic rings. The van der Waals surface area contributed by atoms with Gasteiger partial charge in [-0.15, -0.1) is 0 Å². The van der Waals surface area contributed by atoms with E-state index in [0.717, 1.165) is 6.54 Å². The Hall–Kier alpha value is -0.980. The zero-order valence-electron chi connectivity index (χ0n) is 7.72. The molecule has 0 bridgehead atoms. The summed E-state index contributed by atoms with van der Waals surface area (Å²) in [4.78, 5) is 0. The maximum atomic E-state index is 3.41. The van der Waals surface area contributed by atoms with Gasteiger partial charge in [0.15, 0.2) is 0 Å². The van der Waals surface area contributed by atoms with Gasteiger partial charge in [-0.3, -0.25) is 0 Å². The molecule has 1 heterocycles. The largest absolute Gasteiger partial charge is 0.385 e. The van der Waals surface area contributed by atoms with Crippen molar-refractivity contribution in [2.45, 2.75) is 20.3 Å². The summed E-state index contributed by atoms with van der Waals surface area (Å²) >= 11 is 0. The van der Waals surface area contributed by atoms with Crippen LogP contribution in [0.1, 0.15) is 20.3 Å². The van der Waals surface area contributed by atoms with E-state index in [-0.39, 0.29) is 5.41 Å². The SMILES string of the molecule is CC1(C)C=CC=CC2=C1CCN2. The van der Waals surface area contributed by atoms with Crippen molar-refractivity contribution in [3.8, 4) is 0 Å². The highest BCUT2D eigenvalue weighted by Crippen LogP contribution is 2.36. The lowest BCUT2D eigenvalue weighted by molar-refractivity contribution is 0.563. The Labute approximate surface area is 73.9 Å². The van der Waals surface area contributed by atoms with Crippen molar-refractivity contribution in [2.24, 2.45) is 5.41 Å². The van der Waals surface area contributed by atoms with E-state index < -0.39 is 0 Å². The highest BCUT2D eigenvalue weighted by atomic mass is 14.9. The minimum absolute atomic E-state index is 0.238. The van der Waals surface area contributed by atoms with Gasteiger partial charge in [-0.05, 0) is 18.1 Å². The Morgan fingerprint density at radius 1 is 1.33 bits per heavy atom. The second kappa shape index (κ2) is 2.51. The van der Waals surface area contributed by atoms with E-state index in [4.69, 9.17) is 0 Å².